The molecular weight excluding hydrogens is 240 g/mol. The lowest BCUT2D eigenvalue weighted by atomic mass is 10.3. The van der Waals surface area contributed by atoms with Gasteiger partial charge in [-0.2, -0.15) is 0 Å². The minimum absolute atomic E-state index is 0.225. The number of ether oxygens (including phenoxy) is 1. The average molecular weight is 260 g/mol. The molecule has 0 amide bonds. The maximum atomic E-state index is 10.8. The summed E-state index contributed by atoms with van der Waals surface area (Å²) in [7, 11) is 0.119. The zero-order chi connectivity index (χ0) is 13.9. The molecule has 96 valence electrons. The average Bonchev–Trinajstić information content (AvgIpc) is 2.29. The molecule has 3 heteroatoms. The molecule has 0 aromatic carbocycles. The van der Waals surface area contributed by atoms with Crippen LogP contribution in [-0.2, 0) is 9.53 Å². The van der Waals surface area contributed by atoms with Gasteiger partial charge in [0.2, 0.25) is 0 Å². The Kier molecular flexibility index (Phi) is 8.55. The van der Waals surface area contributed by atoms with Crippen molar-refractivity contribution in [2.75, 3.05) is 7.11 Å². The summed E-state index contributed by atoms with van der Waals surface area (Å²) in [5.41, 5.74) is 3.25. The normalized spacial score (nSPS) is 8.89. The molecule has 18 heavy (non-hydrogen) atoms. The third-order valence-corrected chi connectivity index (χ3v) is 2.68. The molecule has 0 aliphatic carbocycles. The third kappa shape index (κ3) is 12.4. The van der Waals surface area contributed by atoms with Gasteiger partial charge in [0.25, 0.3) is 0 Å². The highest BCUT2D eigenvalue weighted by atomic mass is 28.3. The Morgan fingerprint density at radius 2 is 1.56 bits per heavy atom. The summed E-state index contributed by atoms with van der Waals surface area (Å²) in [5, 5.41) is 0. The zero-order valence-corrected chi connectivity index (χ0v) is 12.6. The Morgan fingerprint density at radius 3 is 2.11 bits per heavy atom. The highest BCUT2D eigenvalue weighted by Crippen LogP contribution is 1.96. The minimum Gasteiger partial charge on any atom is -0.469 e. The molecule has 0 aromatic heterocycles. The fourth-order valence-corrected chi connectivity index (χ4v) is 1.56. The van der Waals surface area contributed by atoms with E-state index in [1.54, 1.807) is 0 Å². The van der Waals surface area contributed by atoms with E-state index in [1.807, 2.05) is 0 Å². The van der Waals surface area contributed by atoms with Crippen molar-refractivity contribution in [3.63, 3.8) is 0 Å². The Morgan fingerprint density at radius 1 is 1.00 bits per heavy atom. The molecule has 0 rings (SSSR count). The molecule has 0 spiro atoms. The number of esters is 1. The Balaban J connectivity index is 3.76. The van der Waals surface area contributed by atoms with E-state index in [9.17, 15) is 4.79 Å². The van der Waals surface area contributed by atoms with Gasteiger partial charge in [-0.25, -0.2) is 0 Å². The molecule has 0 radical (unpaired) electrons. The van der Waals surface area contributed by atoms with Gasteiger partial charge in [-0.3, -0.25) is 4.79 Å². The van der Waals surface area contributed by atoms with Crippen molar-refractivity contribution in [2.45, 2.75) is 45.3 Å². The topological polar surface area (TPSA) is 26.3 Å². The number of hydrogen-bond donors (Lipinski definition) is 0. The lowest BCUT2D eigenvalue weighted by Crippen LogP contribution is -2.16. The van der Waals surface area contributed by atoms with E-state index in [1.165, 1.54) is 7.11 Å². The summed E-state index contributed by atoms with van der Waals surface area (Å²) in [5.74, 6) is 14.6. The van der Waals surface area contributed by atoms with Crippen LogP contribution in [0.3, 0.4) is 0 Å². The van der Waals surface area contributed by atoms with E-state index in [0.717, 1.165) is 0 Å². The highest BCUT2D eigenvalue weighted by molar-refractivity contribution is 6.83. The molecule has 0 fully saturated rings. The number of carbonyl (C=O) groups excluding carboxylic acids is 1. The molecule has 0 aromatic rings. The third-order valence-electron chi connectivity index (χ3n) is 1.75. The molecule has 0 aliphatic rings. The first-order valence-electron chi connectivity index (χ1n) is 5.94. The van der Waals surface area contributed by atoms with Crippen LogP contribution in [0.1, 0.15) is 25.7 Å². The fourth-order valence-electron chi connectivity index (χ4n) is 0.940. The van der Waals surface area contributed by atoms with Crippen LogP contribution in [-0.4, -0.2) is 21.2 Å². The van der Waals surface area contributed by atoms with Gasteiger partial charge in [0.1, 0.15) is 8.07 Å². The number of hydrogen-bond acceptors (Lipinski definition) is 2. The second-order valence-electron chi connectivity index (χ2n) is 4.69. The Bertz CT molecular complexity index is 439. The number of methoxy groups -OCH3 is 1. The summed E-state index contributed by atoms with van der Waals surface area (Å²) in [6.07, 6.45) is 2.03. The smallest absolute Gasteiger partial charge is 0.306 e. The van der Waals surface area contributed by atoms with Gasteiger partial charge in [0, 0.05) is 6.42 Å². The molecule has 0 heterocycles. The van der Waals surface area contributed by atoms with Crippen molar-refractivity contribution in [1.29, 1.82) is 0 Å². The van der Waals surface area contributed by atoms with E-state index >= 15 is 0 Å². The van der Waals surface area contributed by atoms with Gasteiger partial charge >= 0.3 is 5.97 Å². The molecular formula is C15H20O2Si. The van der Waals surface area contributed by atoms with E-state index in [2.05, 4.69) is 59.5 Å². The lowest BCUT2D eigenvalue weighted by molar-refractivity contribution is -0.140. The van der Waals surface area contributed by atoms with E-state index in [0.29, 0.717) is 25.7 Å². The van der Waals surface area contributed by atoms with Gasteiger partial charge in [0.15, 0.2) is 0 Å². The van der Waals surface area contributed by atoms with Gasteiger partial charge < -0.3 is 4.74 Å². The largest absolute Gasteiger partial charge is 0.469 e. The van der Waals surface area contributed by atoms with Crippen LogP contribution in [0.15, 0.2) is 0 Å². The first-order chi connectivity index (χ1) is 8.45. The molecule has 2 nitrogen and oxygen atoms in total. The maximum absolute atomic E-state index is 10.8. The van der Waals surface area contributed by atoms with Crippen LogP contribution in [0.2, 0.25) is 19.6 Å². The van der Waals surface area contributed by atoms with Crippen molar-refractivity contribution in [3.8, 4) is 35.1 Å². The first kappa shape index (κ1) is 16.4. The minimum atomic E-state index is -1.26. The van der Waals surface area contributed by atoms with E-state index in [-0.39, 0.29) is 5.97 Å². The first-order valence-corrected chi connectivity index (χ1v) is 9.44. The van der Waals surface area contributed by atoms with Crippen molar-refractivity contribution < 1.29 is 9.53 Å². The number of rotatable bonds is 2. The van der Waals surface area contributed by atoms with Crippen molar-refractivity contribution >= 4 is 14.0 Å². The lowest BCUT2D eigenvalue weighted by Gasteiger charge is -2.02. The second-order valence-corrected chi connectivity index (χ2v) is 9.44. The van der Waals surface area contributed by atoms with Crippen LogP contribution >= 0.6 is 0 Å². The van der Waals surface area contributed by atoms with E-state index < -0.39 is 8.07 Å². The van der Waals surface area contributed by atoms with Crippen LogP contribution < -0.4 is 0 Å². The van der Waals surface area contributed by atoms with Crippen LogP contribution in [0.4, 0.5) is 0 Å². The Labute approximate surface area is 112 Å². The summed E-state index contributed by atoms with van der Waals surface area (Å²) in [6, 6.07) is 0. The maximum Gasteiger partial charge on any atom is 0.306 e. The van der Waals surface area contributed by atoms with Gasteiger partial charge in [-0.05, 0) is 0 Å². The standard InChI is InChI=1S/C15H20O2Si/c1-17-15(16)13-11-9-7-5-6-8-10-12-14-18(2,3)4/h5,10-11,13H2,1-4H3. The fraction of sp³-hybridized carbons (Fsp3) is 0.533. The summed E-state index contributed by atoms with van der Waals surface area (Å²) in [4.78, 5) is 10.8. The van der Waals surface area contributed by atoms with Crippen molar-refractivity contribution in [3.05, 3.63) is 0 Å². The van der Waals surface area contributed by atoms with Gasteiger partial charge in [-0.15, -0.1) is 11.5 Å². The molecule has 0 aliphatic heterocycles. The van der Waals surface area contributed by atoms with Crippen molar-refractivity contribution in [2.24, 2.45) is 0 Å². The van der Waals surface area contributed by atoms with Crippen LogP contribution in [0, 0.1) is 35.1 Å². The van der Waals surface area contributed by atoms with E-state index in [4.69, 9.17) is 0 Å². The molecule has 0 N–H and O–H groups in total. The van der Waals surface area contributed by atoms with Gasteiger partial charge in [0.05, 0.1) is 26.4 Å². The quantitative estimate of drug-likeness (QED) is 0.433. The van der Waals surface area contributed by atoms with Gasteiger partial charge in [-0.1, -0.05) is 43.3 Å². The van der Waals surface area contributed by atoms with Crippen molar-refractivity contribution in [1.82, 2.24) is 0 Å². The molecule has 0 atom stereocenters. The van der Waals surface area contributed by atoms with Crippen LogP contribution in [0.5, 0.6) is 0 Å². The highest BCUT2D eigenvalue weighted by Gasteiger charge is 2.06. The second kappa shape index (κ2) is 9.40. The SMILES string of the molecule is COC(=O)CCC#CCC#CCC#C[Si](C)(C)C. The van der Waals surface area contributed by atoms with Crippen LogP contribution in [0.25, 0.3) is 0 Å². The molecule has 0 bridgehead atoms. The predicted octanol–water partition coefficient (Wildman–Crippen LogP) is 2.61. The molecule has 0 saturated heterocycles. The molecule has 0 saturated carbocycles. The molecule has 0 unspecified atom stereocenters. The Hall–Kier alpha value is -1.63. The summed E-state index contributed by atoms with van der Waals surface area (Å²) >= 11 is 0. The summed E-state index contributed by atoms with van der Waals surface area (Å²) in [6.45, 7) is 6.63. The summed E-state index contributed by atoms with van der Waals surface area (Å²) < 4.78 is 4.50. The predicted molar refractivity (Wildman–Crippen MR) is 77.2 cm³/mol. The monoisotopic (exact) mass is 260 g/mol. The zero-order valence-electron chi connectivity index (χ0n) is 11.6. The number of carbonyl (C=O) groups is 1.